The largest absolute Gasteiger partial charge is 0.390 e. The van der Waals surface area contributed by atoms with E-state index in [0.717, 1.165) is 19.3 Å². The SMILES string of the molecule is N#CC1CCCC1NCCC(F)(F)F. The standard InChI is InChI=1S/C9H13F3N2/c10-9(11,12)4-5-14-8-3-1-2-7(8)6-13/h7-8,14H,1-5H2. The van der Waals surface area contributed by atoms with Gasteiger partial charge in [0.25, 0.3) is 0 Å². The molecule has 2 unspecified atom stereocenters. The van der Waals surface area contributed by atoms with Crippen molar-refractivity contribution in [2.24, 2.45) is 5.92 Å². The number of hydrogen-bond donors (Lipinski definition) is 1. The molecule has 0 radical (unpaired) electrons. The third-order valence-corrected chi connectivity index (χ3v) is 2.50. The number of nitriles is 1. The molecule has 1 saturated carbocycles. The molecule has 5 heteroatoms. The molecule has 1 fully saturated rings. The quantitative estimate of drug-likeness (QED) is 0.768. The minimum Gasteiger partial charge on any atom is -0.312 e. The third-order valence-electron chi connectivity index (χ3n) is 2.50. The maximum atomic E-state index is 11.8. The fourth-order valence-corrected chi connectivity index (χ4v) is 1.76. The van der Waals surface area contributed by atoms with Crippen LogP contribution < -0.4 is 5.32 Å². The van der Waals surface area contributed by atoms with Crippen LogP contribution in [0.15, 0.2) is 0 Å². The summed E-state index contributed by atoms with van der Waals surface area (Å²) >= 11 is 0. The smallest absolute Gasteiger partial charge is 0.312 e. The predicted molar refractivity (Wildman–Crippen MR) is 45.4 cm³/mol. The number of alkyl halides is 3. The maximum Gasteiger partial charge on any atom is 0.390 e. The Morgan fingerprint density at radius 3 is 2.64 bits per heavy atom. The minimum atomic E-state index is -4.10. The first-order valence-corrected chi connectivity index (χ1v) is 4.72. The van der Waals surface area contributed by atoms with Crippen molar-refractivity contribution < 1.29 is 13.2 Å². The Kier molecular flexibility index (Phi) is 3.76. The lowest BCUT2D eigenvalue weighted by molar-refractivity contribution is -0.133. The van der Waals surface area contributed by atoms with E-state index in [1.807, 2.05) is 0 Å². The average Bonchev–Trinajstić information content (AvgIpc) is 2.49. The number of nitrogens with one attached hydrogen (secondary N) is 1. The van der Waals surface area contributed by atoms with Crippen molar-refractivity contribution in [3.63, 3.8) is 0 Å². The molecule has 14 heavy (non-hydrogen) atoms. The zero-order valence-electron chi connectivity index (χ0n) is 7.77. The average molecular weight is 206 g/mol. The minimum absolute atomic E-state index is 0.0395. The second kappa shape index (κ2) is 4.65. The van der Waals surface area contributed by atoms with Crippen molar-refractivity contribution >= 4 is 0 Å². The summed E-state index contributed by atoms with van der Waals surface area (Å²) in [7, 11) is 0. The van der Waals surface area contributed by atoms with E-state index in [-0.39, 0.29) is 18.5 Å². The first kappa shape index (κ1) is 11.3. The molecule has 0 spiro atoms. The van der Waals surface area contributed by atoms with Gasteiger partial charge in [0.2, 0.25) is 0 Å². The molecule has 1 N–H and O–H groups in total. The highest BCUT2D eigenvalue weighted by Crippen LogP contribution is 2.25. The van der Waals surface area contributed by atoms with Crippen LogP contribution in [0.3, 0.4) is 0 Å². The van der Waals surface area contributed by atoms with Gasteiger partial charge < -0.3 is 5.32 Å². The van der Waals surface area contributed by atoms with Gasteiger partial charge in [0.05, 0.1) is 18.4 Å². The van der Waals surface area contributed by atoms with E-state index < -0.39 is 12.6 Å². The molecule has 0 aromatic rings. The second-order valence-corrected chi connectivity index (χ2v) is 3.59. The summed E-state index contributed by atoms with van der Waals surface area (Å²) in [5.74, 6) is -0.108. The van der Waals surface area contributed by atoms with Gasteiger partial charge in [-0.25, -0.2) is 0 Å². The zero-order valence-corrected chi connectivity index (χ0v) is 7.77. The van der Waals surface area contributed by atoms with Gasteiger partial charge in [-0.2, -0.15) is 18.4 Å². The number of rotatable bonds is 3. The van der Waals surface area contributed by atoms with E-state index in [1.165, 1.54) is 0 Å². The second-order valence-electron chi connectivity index (χ2n) is 3.59. The highest BCUT2D eigenvalue weighted by atomic mass is 19.4. The normalized spacial score (nSPS) is 27.6. The first-order chi connectivity index (χ1) is 6.53. The fraction of sp³-hybridized carbons (Fsp3) is 0.889. The summed E-state index contributed by atoms with van der Waals surface area (Å²) in [4.78, 5) is 0. The van der Waals surface area contributed by atoms with Crippen LogP contribution in [-0.4, -0.2) is 18.8 Å². The Morgan fingerprint density at radius 1 is 1.36 bits per heavy atom. The number of nitrogens with zero attached hydrogens (tertiary/aromatic N) is 1. The molecule has 0 heterocycles. The number of halogens is 3. The fourth-order valence-electron chi connectivity index (χ4n) is 1.76. The highest BCUT2D eigenvalue weighted by Gasteiger charge is 2.30. The van der Waals surface area contributed by atoms with Crippen LogP contribution in [0.4, 0.5) is 13.2 Å². The van der Waals surface area contributed by atoms with E-state index in [2.05, 4.69) is 11.4 Å². The molecular weight excluding hydrogens is 193 g/mol. The Balaban J connectivity index is 2.22. The molecule has 0 aromatic heterocycles. The van der Waals surface area contributed by atoms with Crippen molar-refractivity contribution in [3.8, 4) is 6.07 Å². The van der Waals surface area contributed by atoms with Crippen molar-refractivity contribution in [2.45, 2.75) is 37.9 Å². The molecule has 0 saturated heterocycles. The summed E-state index contributed by atoms with van der Waals surface area (Å²) in [5.41, 5.74) is 0. The summed E-state index contributed by atoms with van der Waals surface area (Å²) < 4.78 is 35.4. The van der Waals surface area contributed by atoms with Gasteiger partial charge in [0.1, 0.15) is 0 Å². The van der Waals surface area contributed by atoms with E-state index in [4.69, 9.17) is 5.26 Å². The summed E-state index contributed by atoms with van der Waals surface area (Å²) in [6.07, 6.45) is -2.37. The van der Waals surface area contributed by atoms with Gasteiger partial charge in [0.15, 0.2) is 0 Å². The van der Waals surface area contributed by atoms with Crippen molar-refractivity contribution in [1.29, 1.82) is 5.26 Å². The molecular formula is C9H13F3N2. The first-order valence-electron chi connectivity index (χ1n) is 4.72. The summed E-state index contributed by atoms with van der Waals surface area (Å²) in [6.45, 7) is -0.0770. The van der Waals surface area contributed by atoms with Crippen LogP contribution in [0, 0.1) is 17.2 Å². The Bertz CT molecular complexity index is 219. The van der Waals surface area contributed by atoms with Gasteiger partial charge >= 0.3 is 6.18 Å². The van der Waals surface area contributed by atoms with Gasteiger partial charge in [-0.15, -0.1) is 0 Å². The van der Waals surface area contributed by atoms with E-state index in [9.17, 15) is 13.2 Å². The van der Waals surface area contributed by atoms with Crippen molar-refractivity contribution in [3.05, 3.63) is 0 Å². The van der Waals surface area contributed by atoms with Crippen molar-refractivity contribution in [2.75, 3.05) is 6.54 Å². The van der Waals surface area contributed by atoms with Crippen molar-refractivity contribution in [1.82, 2.24) is 5.32 Å². The molecule has 1 aliphatic carbocycles. The van der Waals surface area contributed by atoms with E-state index in [1.54, 1.807) is 0 Å². The highest BCUT2D eigenvalue weighted by molar-refractivity contribution is 4.96. The molecule has 0 aliphatic heterocycles. The lowest BCUT2D eigenvalue weighted by Crippen LogP contribution is -2.34. The summed E-state index contributed by atoms with van der Waals surface area (Å²) in [6, 6.07) is 2.08. The van der Waals surface area contributed by atoms with E-state index >= 15 is 0 Å². The Hall–Kier alpha value is -0.760. The maximum absolute atomic E-state index is 11.8. The Morgan fingerprint density at radius 2 is 2.07 bits per heavy atom. The topological polar surface area (TPSA) is 35.8 Å². The van der Waals surface area contributed by atoms with Gasteiger partial charge in [-0.1, -0.05) is 6.42 Å². The lowest BCUT2D eigenvalue weighted by Gasteiger charge is -2.15. The van der Waals surface area contributed by atoms with Crippen LogP contribution in [0.5, 0.6) is 0 Å². The molecule has 80 valence electrons. The molecule has 2 atom stereocenters. The molecule has 2 nitrogen and oxygen atoms in total. The molecule has 1 aliphatic rings. The van der Waals surface area contributed by atoms with Crippen LogP contribution >= 0.6 is 0 Å². The van der Waals surface area contributed by atoms with Crippen LogP contribution in [0.1, 0.15) is 25.7 Å². The zero-order chi connectivity index (χ0) is 10.6. The van der Waals surface area contributed by atoms with Gasteiger partial charge in [-0.05, 0) is 12.8 Å². The predicted octanol–water partition coefficient (Wildman–Crippen LogP) is 2.22. The van der Waals surface area contributed by atoms with E-state index in [0.29, 0.717) is 0 Å². The third kappa shape index (κ3) is 3.54. The monoisotopic (exact) mass is 206 g/mol. The van der Waals surface area contributed by atoms with Crippen LogP contribution in [0.2, 0.25) is 0 Å². The molecule has 0 bridgehead atoms. The molecule has 1 rings (SSSR count). The van der Waals surface area contributed by atoms with Crippen LogP contribution in [0.25, 0.3) is 0 Å². The number of hydrogen-bond acceptors (Lipinski definition) is 2. The molecule has 0 aromatic carbocycles. The van der Waals surface area contributed by atoms with Gasteiger partial charge in [0, 0.05) is 12.6 Å². The lowest BCUT2D eigenvalue weighted by atomic mass is 10.1. The van der Waals surface area contributed by atoms with Gasteiger partial charge in [-0.3, -0.25) is 0 Å². The molecule has 0 amide bonds. The van der Waals surface area contributed by atoms with Crippen LogP contribution in [-0.2, 0) is 0 Å². The summed E-state index contributed by atoms with van der Waals surface area (Å²) in [5, 5.41) is 11.5. The Labute approximate surface area is 81.1 Å².